The Balaban J connectivity index is 1.69. The predicted octanol–water partition coefficient (Wildman–Crippen LogP) is 7.54. The van der Waals surface area contributed by atoms with Gasteiger partial charge in [-0.3, -0.25) is 9.59 Å². The smallest absolute Gasteiger partial charge is 0.243 e. The van der Waals surface area contributed by atoms with Crippen LogP contribution in [0.4, 0.5) is 0 Å². The van der Waals surface area contributed by atoms with E-state index in [4.69, 9.17) is 46.4 Å². The Morgan fingerprint density at radius 1 is 0.838 bits per heavy atom. The average Bonchev–Trinajstić information content (AvgIpc) is 3.38. The lowest BCUT2D eigenvalue weighted by molar-refractivity contribution is -0.141. The van der Waals surface area contributed by atoms with Crippen molar-refractivity contribution >= 4 is 58.2 Å². The molecule has 1 aliphatic carbocycles. The van der Waals surface area contributed by atoms with Crippen LogP contribution in [0.25, 0.3) is 0 Å². The molecule has 0 bridgehead atoms. The maximum atomic E-state index is 13.9. The first-order chi connectivity index (χ1) is 17.8. The molecule has 0 unspecified atom stereocenters. The average molecular weight is 578 g/mol. The quantitative estimate of drug-likeness (QED) is 0.285. The predicted molar refractivity (Wildman–Crippen MR) is 152 cm³/mol. The van der Waals surface area contributed by atoms with Gasteiger partial charge >= 0.3 is 0 Å². The molecule has 0 heterocycles. The number of rotatable bonds is 9. The Morgan fingerprint density at radius 2 is 1.57 bits per heavy atom. The fraction of sp³-hybridized carbons (Fsp3) is 0.310. The molecule has 4 nitrogen and oxygen atoms in total. The summed E-state index contributed by atoms with van der Waals surface area (Å²) in [5.41, 5.74) is 2.38. The van der Waals surface area contributed by atoms with Crippen molar-refractivity contribution in [1.29, 1.82) is 0 Å². The molecule has 1 aliphatic rings. The third-order valence-electron chi connectivity index (χ3n) is 6.67. The topological polar surface area (TPSA) is 49.4 Å². The molecule has 3 aromatic rings. The molecule has 3 aromatic carbocycles. The van der Waals surface area contributed by atoms with Crippen LogP contribution in [0, 0.1) is 0 Å². The van der Waals surface area contributed by atoms with E-state index in [1.54, 1.807) is 41.3 Å². The first kappa shape index (κ1) is 27.8. The monoisotopic (exact) mass is 576 g/mol. The summed E-state index contributed by atoms with van der Waals surface area (Å²) in [6.45, 7) is 0.158. The van der Waals surface area contributed by atoms with Gasteiger partial charge in [-0.25, -0.2) is 0 Å². The zero-order valence-electron chi connectivity index (χ0n) is 20.2. The highest BCUT2D eigenvalue weighted by Gasteiger charge is 2.32. The van der Waals surface area contributed by atoms with E-state index in [9.17, 15) is 9.59 Å². The lowest BCUT2D eigenvalue weighted by Gasteiger charge is -2.32. The lowest BCUT2D eigenvalue weighted by atomic mass is 10.0. The van der Waals surface area contributed by atoms with Crippen molar-refractivity contribution in [2.24, 2.45) is 0 Å². The summed E-state index contributed by atoms with van der Waals surface area (Å²) in [4.78, 5) is 29.2. The molecule has 1 fully saturated rings. The summed E-state index contributed by atoms with van der Waals surface area (Å²) in [5, 5.41) is 4.93. The van der Waals surface area contributed by atoms with Gasteiger partial charge in [0.15, 0.2) is 0 Å². The third kappa shape index (κ3) is 7.64. The van der Waals surface area contributed by atoms with E-state index in [0.717, 1.165) is 31.2 Å². The molecule has 0 spiro atoms. The fourth-order valence-corrected chi connectivity index (χ4v) is 5.47. The van der Waals surface area contributed by atoms with Crippen LogP contribution in [-0.4, -0.2) is 28.8 Å². The molecule has 0 aromatic heterocycles. The maximum absolute atomic E-state index is 13.9. The van der Waals surface area contributed by atoms with Crippen molar-refractivity contribution in [1.82, 2.24) is 10.2 Å². The first-order valence-electron chi connectivity index (χ1n) is 12.3. The summed E-state index contributed by atoms with van der Waals surface area (Å²) in [7, 11) is 0. The minimum absolute atomic E-state index is 0.0596. The summed E-state index contributed by atoms with van der Waals surface area (Å²) in [6, 6.07) is 19.4. The van der Waals surface area contributed by atoms with E-state index in [-0.39, 0.29) is 30.8 Å². The molecule has 1 saturated carbocycles. The largest absolute Gasteiger partial charge is 0.352 e. The maximum Gasteiger partial charge on any atom is 0.243 e. The molecule has 1 N–H and O–H groups in total. The number of carbonyl (C=O) groups excluding carboxylic acids is 2. The van der Waals surface area contributed by atoms with Gasteiger partial charge in [-0.05, 0) is 53.8 Å². The number of nitrogens with zero attached hydrogens (tertiary/aromatic N) is 1. The molecule has 2 amide bonds. The van der Waals surface area contributed by atoms with E-state index in [1.807, 2.05) is 30.3 Å². The van der Waals surface area contributed by atoms with Crippen molar-refractivity contribution in [2.75, 3.05) is 0 Å². The summed E-state index contributed by atoms with van der Waals surface area (Å²) >= 11 is 24.9. The number of nitrogens with one attached hydrogen (secondary N) is 1. The second-order valence-electron chi connectivity index (χ2n) is 9.38. The Hall–Kier alpha value is -2.24. The standard InChI is InChI=1S/C29H28Cl4N2O2/c30-22-12-11-21(25(32)17-22)18-35(28(36)16-20-10-13-24(31)26(33)14-20)27(15-19-6-2-1-3-7-19)29(37)34-23-8-4-5-9-23/h1-3,6-7,10-14,17,23,27H,4-5,8-9,15-16,18H2,(H,34,37)/t27-/m0/s1. The zero-order valence-corrected chi connectivity index (χ0v) is 23.3. The van der Waals surface area contributed by atoms with E-state index < -0.39 is 6.04 Å². The van der Waals surface area contributed by atoms with Gasteiger partial charge in [0.25, 0.3) is 0 Å². The van der Waals surface area contributed by atoms with Gasteiger partial charge in [0.1, 0.15) is 6.04 Å². The first-order valence-corrected chi connectivity index (χ1v) is 13.8. The van der Waals surface area contributed by atoms with E-state index in [0.29, 0.717) is 37.6 Å². The highest BCUT2D eigenvalue weighted by Crippen LogP contribution is 2.27. The van der Waals surface area contributed by atoms with Crippen LogP contribution in [0.5, 0.6) is 0 Å². The van der Waals surface area contributed by atoms with Gasteiger partial charge < -0.3 is 10.2 Å². The highest BCUT2D eigenvalue weighted by atomic mass is 35.5. The molecular formula is C29H28Cl4N2O2. The van der Waals surface area contributed by atoms with Gasteiger partial charge in [-0.15, -0.1) is 0 Å². The number of hydrogen-bond donors (Lipinski definition) is 1. The molecule has 4 rings (SSSR count). The van der Waals surface area contributed by atoms with E-state index >= 15 is 0 Å². The van der Waals surface area contributed by atoms with Gasteiger partial charge in [0.2, 0.25) is 11.8 Å². The summed E-state index contributed by atoms with van der Waals surface area (Å²) < 4.78 is 0. The van der Waals surface area contributed by atoms with Crippen LogP contribution in [-0.2, 0) is 29.0 Å². The van der Waals surface area contributed by atoms with Crippen LogP contribution in [0.15, 0.2) is 66.7 Å². The Bertz CT molecular complexity index is 1250. The van der Waals surface area contributed by atoms with Gasteiger partial charge in [-0.2, -0.15) is 0 Å². The number of amides is 2. The van der Waals surface area contributed by atoms with E-state index in [1.165, 1.54) is 0 Å². The Labute approximate surface area is 237 Å². The van der Waals surface area contributed by atoms with Crippen molar-refractivity contribution in [3.63, 3.8) is 0 Å². The van der Waals surface area contributed by atoms with Gasteiger partial charge in [-0.1, -0.05) is 102 Å². The van der Waals surface area contributed by atoms with Crippen molar-refractivity contribution in [2.45, 2.75) is 57.2 Å². The molecule has 194 valence electrons. The molecule has 0 radical (unpaired) electrons. The van der Waals surface area contributed by atoms with Crippen LogP contribution >= 0.6 is 46.4 Å². The Kier molecular flexibility index (Phi) is 9.77. The van der Waals surface area contributed by atoms with Crippen LogP contribution < -0.4 is 5.32 Å². The summed E-state index contributed by atoms with van der Waals surface area (Å²) in [5.74, 6) is -0.379. The fourth-order valence-electron chi connectivity index (χ4n) is 4.68. The molecule has 8 heteroatoms. The third-order valence-corrected chi connectivity index (χ3v) is 7.99. The summed E-state index contributed by atoms with van der Waals surface area (Å²) in [6.07, 6.45) is 4.51. The normalized spacial score (nSPS) is 14.4. The minimum Gasteiger partial charge on any atom is -0.352 e. The van der Waals surface area contributed by atoms with Gasteiger partial charge in [0.05, 0.1) is 16.5 Å². The molecular weight excluding hydrogens is 550 g/mol. The van der Waals surface area contributed by atoms with Crippen LogP contribution in [0.2, 0.25) is 20.1 Å². The Morgan fingerprint density at radius 3 is 2.24 bits per heavy atom. The molecule has 0 aliphatic heterocycles. The number of hydrogen-bond acceptors (Lipinski definition) is 2. The minimum atomic E-state index is -0.731. The number of halogens is 4. The van der Waals surface area contributed by atoms with Crippen LogP contribution in [0.3, 0.4) is 0 Å². The molecule has 0 saturated heterocycles. The second kappa shape index (κ2) is 13.0. The van der Waals surface area contributed by atoms with Crippen LogP contribution in [0.1, 0.15) is 42.4 Å². The van der Waals surface area contributed by atoms with Crippen molar-refractivity contribution in [3.8, 4) is 0 Å². The SMILES string of the molecule is O=C(NC1CCCC1)[C@H](Cc1ccccc1)N(Cc1ccc(Cl)cc1Cl)C(=O)Cc1ccc(Cl)c(Cl)c1. The highest BCUT2D eigenvalue weighted by molar-refractivity contribution is 6.42. The molecule has 1 atom stereocenters. The van der Waals surface area contributed by atoms with Crippen molar-refractivity contribution in [3.05, 3.63) is 104 Å². The van der Waals surface area contributed by atoms with E-state index in [2.05, 4.69) is 5.32 Å². The molecule has 37 heavy (non-hydrogen) atoms. The number of benzene rings is 3. The zero-order chi connectivity index (χ0) is 26.4. The second-order valence-corrected chi connectivity index (χ2v) is 11.0. The van der Waals surface area contributed by atoms with Gasteiger partial charge in [0, 0.05) is 29.1 Å². The van der Waals surface area contributed by atoms with Crippen molar-refractivity contribution < 1.29 is 9.59 Å². The lowest BCUT2D eigenvalue weighted by Crippen LogP contribution is -2.52. The number of carbonyl (C=O) groups is 2.